The summed E-state index contributed by atoms with van der Waals surface area (Å²) in [5.41, 5.74) is 2.53. The molecule has 0 saturated carbocycles. The summed E-state index contributed by atoms with van der Waals surface area (Å²) < 4.78 is 5.54. The predicted octanol–water partition coefficient (Wildman–Crippen LogP) is 5.35. The lowest BCUT2D eigenvalue weighted by Crippen LogP contribution is -2.47. The number of rotatable bonds is 8. The largest absolute Gasteiger partial charge is 0.496 e. The molecule has 0 radical (unpaired) electrons. The summed E-state index contributed by atoms with van der Waals surface area (Å²) in [5, 5.41) is 1.98. The first-order chi connectivity index (χ1) is 15.7. The highest BCUT2D eigenvalue weighted by Gasteiger charge is 2.32. The molecule has 4 nitrogen and oxygen atoms in total. The summed E-state index contributed by atoms with van der Waals surface area (Å²) in [6.45, 7) is 2.98. The number of nitrogens with zero attached hydrogens (tertiary/aromatic N) is 2. The van der Waals surface area contributed by atoms with Gasteiger partial charge in [0.25, 0.3) is 5.91 Å². The van der Waals surface area contributed by atoms with Crippen molar-refractivity contribution in [3.63, 3.8) is 0 Å². The molecule has 168 valence electrons. The van der Waals surface area contributed by atoms with Crippen molar-refractivity contribution < 1.29 is 9.53 Å². The average Bonchev–Trinajstić information content (AvgIpc) is 3.38. The van der Waals surface area contributed by atoms with E-state index >= 15 is 0 Å². The fourth-order valence-electron chi connectivity index (χ4n) is 4.77. The number of hydrogen-bond donors (Lipinski definition) is 0. The van der Waals surface area contributed by atoms with Crippen LogP contribution in [0.25, 0.3) is 0 Å². The number of likely N-dealkylation sites (tertiary alicyclic amines) is 1. The van der Waals surface area contributed by atoms with E-state index in [0.717, 1.165) is 49.5 Å². The van der Waals surface area contributed by atoms with E-state index in [1.165, 1.54) is 22.5 Å². The van der Waals surface area contributed by atoms with Gasteiger partial charge in [0, 0.05) is 25.2 Å². The number of carbonyl (C=O) groups excluding carboxylic acids is 1. The Bertz CT molecular complexity index is 982. The maximum atomic E-state index is 13.2. The smallest absolute Gasteiger partial charge is 0.263 e. The number of methoxy groups -OCH3 is 1. The molecule has 1 fully saturated rings. The maximum absolute atomic E-state index is 13.2. The summed E-state index contributed by atoms with van der Waals surface area (Å²) in [6.07, 6.45) is 3.08. The monoisotopic (exact) mass is 448 g/mol. The molecule has 1 aromatic heterocycles. The van der Waals surface area contributed by atoms with Crippen molar-refractivity contribution in [1.29, 1.82) is 0 Å². The Balaban J connectivity index is 1.45. The molecule has 1 aliphatic heterocycles. The zero-order valence-corrected chi connectivity index (χ0v) is 19.8. The van der Waals surface area contributed by atoms with Gasteiger partial charge in [0.1, 0.15) is 5.75 Å². The molecule has 1 aliphatic rings. The van der Waals surface area contributed by atoms with Gasteiger partial charge in [-0.1, -0.05) is 54.6 Å². The minimum Gasteiger partial charge on any atom is -0.496 e. The zero-order valence-electron chi connectivity index (χ0n) is 18.9. The van der Waals surface area contributed by atoms with Gasteiger partial charge in [-0.25, -0.2) is 0 Å². The van der Waals surface area contributed by atoms with Gasteiger partial charge < -0.3 is 9.64 Å². The second kappa shape index (κ2) is 10.8. The lowest BCUT2D eigenvalue weighted by Gasteiger charge is -2.40. The van der Waals surface area contributed by atoms with Gasteiger partial charge in [-0.05, 0) is 61.3 Å². The van der Waals surface area contributed by atoms with Crippen LogP contribution < -0.4 is 4.74 Å². The lowest BCUT2D eigenvalue weighted by molar-refractivity contribution is 0.0589. The molecule has 1 saturated heterocycles. The first-order valence-electron chi connectivity index (χ1n) is 11.3. The van der Waals surface area contributed by atoms with Gasteiger partial charge >= 0.3 is 0 Å². The van der Waals surface area contributed by atoms with Crippen molar-refractivity contribution in [1.82, 2.24) is 9.80 Å². The molecule has 0 N–H and O–H groups in total. The molecule has 3 aromatic rings. The highest BCUT2D eigenvalue weighted by Crippen LogP contribution is 2.29. The summed E-state index contributed by atoms with van der Waals surface area (Å²) >= 11 is 1.52. The Morgan fingerprint density at radius 1 is 1.06 bits per heavy atom. The minimum absolute atomic E-state index is 0.136. The van der Waals surface area contributed by atoms with Gasteiger partial charge in [0.05, 0.1) is 12.0 Å². The van der Waals surface area contributed by atoms with Crippen LogP contribution in [0.4, 0.5) is 0 Å². The maximum Gasteiger partial charge on any atom is 0.263 e. The van der Waals surface area contributed by atoms with Gasteiger partial charge in [0.15, 0.2) is 0 Å². The Morgan fingerprint density at radius 3 is 2.47 bits per heavy atom. The third kappa shape index (κ3) is 5.40. The topological polar surface area (TPSA) is 32.8 Å². The van der Waals surface area contributed by atoms with Crippen molar-refractivity contribution in [2.45, 2.75) is 31.8 Å². The van der Waals surface area contributed by atoms with E-state index in [1.54, 1.807) is 7.11 Å². The molecule has 4 rings (SSSR count). The molecule has 2 aromatic carbocycles. The van der Waals surface area contributed by atoms with E-state index in [4.69, 9.17) is 4.74 Å². The molecule has 0 aliphatic carbocycles. The van der Waals surface area contributed by atoms with Gasteiger partial charge in [-0.2, -0.15) is 0 Å². The van der Waals surface area contributed by atoms with Crippen molar-refractivity contribution in [2.24, 2.45) is 5.92 Å². The molecular formula is C27H32N2O2S. The Labute approximate surface area is 195 Å². The average molecular weight is 449 g/mol. The normalized spacial score (nSPS) is 15.9. The van der Waals surface area contributed by atoms with Crippen LogP contribution in [0.15, 0.2) is 72.1 Å². The molecule has 0 bridgehead atoms. The minimum atomic E-state index is 0.136. The van der Waals surface area contributed by atoms with Crippen LogP contribution in [-0.4, -0.2) is 49.0 Å². The van der Waals surface area contributed by atoms with E-state index in [-0.39, 0.29) is 11.9 Å². The highest BCUT2D eigenvalue weighted by molar-refractivity contribution is 7.12. The first-order valence-corrected chi connectivity index (χ1v) is 12.2. The fraction of sp³-hybridized carbons (Fsp3) is 0.370. The van der Waals surface area contributed by atoms with E-state index in [2.05, 4.69) is 47.4 Å². The quantitative estimate of drug-likeness (QED) is 0.466. The molecule has 0 unspecified atom stereocenters. The molecule has 0 spiro atoms. The van der Waals surface area contributed by atoms with E-state index in [1.807, 2.05) is 41.6 Å². The highest BCUT2D eigenvalue weighted by atomic mass is 32.1. The number of para-hydroxylation sites is 1. The van der Waals surface area contributed by atoms with Crippen LogP contribution in [0.5, 0.6) is 5.75 Å². The number of amides is 1. The number of likely N-dealkylation sites (N-methyl/N-ethyl adjacent to an activating group) is 1. The first kappa shape index (κ1) is 22.6. The van der Waals surface area contributed by atoms with Crippen LogP contribution in [-0.2, 0) is 13.0 Å². The van der Waals surface area contributed by atoms with E-state index in [9.17, 15) is 4.79 Å². The molecule has 1 amide bonds. The molecular weight excluding hydrogens is 416 g/mol. The van der Waals surface area contributed by atoms with Crippen molar-refractivity contribution in [3.8, 4) is 5.75 Å². The molecule has 1 atom stereocenters. The molecule has 32 heavy (non-hydrogen) atoms. The van der Waals surface area contributed by atoms with E-state index < -0.39 is 0 Å². The summed E-state index contributed by atoms with van der Waals surface area (Å²) in [6, 6.07) is 22.9. The third-order valence-electron chi connectivity index (χ3n) is 6.60. The third-order valence-corrected chi connectivity index (χ3v) is 7.46. The number of benzene rings is 2. The molecule has 2 heterocycles. The number of ether oxygens (including phenoxy) is 1. The van der Waals surface area contributed by atoms with Crippen LogP contribution in [0.3, 0.4) is 0 Å². The number of piperidine rings is 1. The number of thiophene rings is 1. The SMILES string of the molecule is COc1ccccc1CN1CCC([C@H](Cc2ccccc2)N(C)C(=O)c2cccs2)CC1. The standard InChI is InChI=1S/C27H32N2O2S/c1-28(27(30)26-13-8-18-32-26)24(19-21-9-4-3-5-10-21)22-14-16-29(17-15-22)20-23-11-6-7-12-25(23)31-2/h3-13,18,22,24H,14-17,19-20H2,1-2H3/t24-/m0/s1. The van der Waals surface area contributed by atoms with Crippen molar-refractivity contribution in [2.75, 3.05) is 27.2 Å². The van der Waals surface area contributed by atoms with E-state index in [0.29, 0.717) is 5.92 Å². The van der Waals surface area contributed by atoms with Crippen molar-refractivity contribution in [3.05, 3.63) is 88.1 Å². The second-order valence-corrected chi connectivity index (χ2v) is 9.52. The van der Waals surface area contributed by atoms with Crippen LogP contribution in [0, 0.1) is 5.92 Å². The van der Waals surface area contributed by atoms with Crippen LogP contribution in [0.2, 0.25) is 0 Å². The number of carbonyl (C=O) groups is 1. The Morgan fingerprint density at radius 2 is 1.78 bits per heavy atom. The zero-order chi connectivity index (χ0) is 22.3. The Kier molecular flexibility index (Phi) is 7.61. The lowest BCUT2D eigenvalue weighted by atomic mass is 9.84. The van der Waals surface area contributed by atoms with Gasteiger partial charge in [0.2, 0.25) is 0 Å². The van der Waals surface area contributed by atoms with Crippen LogP contribution in [0.1, 0.15) is 33.6 Å². The van der Waals surface area contributed by atoms with Crippen LogP contribution >= 0.6 is 11.3 Å². The van der Waals surface area contributed by atoms with Gasteiger partial charge in [-0.15, -0.1) is 11.3 Å². The summed E-state index contributed by atoms with van der Waals surface area (Å²) in [4.78, 5) is 18.5. The summed E-state index contributed by atoms with van der Waals surface area (Å²) in [7, 11) is 3.72. The second-order valence-electron chi connectivity index (χ2n) is 8.58. The predicted molar refractivity (Wildman–Crippen MR) is 131 cm³/mol. The number of hydrogen-bond acceptors (Lipinski definition) is 4. The fourth-order valence-corrected chi connectivity index (χ4v) is 5.48. The Hall–Kier alpha value is -2.63. The summed E-state index contributed by atoms with van der Waals surface area (Å²) in [5.74, 6) is 1.58. The molecule has 5 heteroatoms. The van der Waals surface area contributed by atoms with Gasteiger partial charge in [-0.3, -0.25) is 9.69 Å². The van der Waals surface area contributed by atoms with Crippen molar-refractivity contribution >= 4 is 17.2 Å².